The third kappa shape index (κ3) is 3.06. The Hall–Kier alpha value is -0.870. The number of carbonyl (C=O) groups excluding carboxylic acids is 1. The second-order valence-corrected chi connectivity index (χ2v) is 4.25. The molecule has 4 heteroatoms. The quantitative estimate of drug-likeness (QED) is 0.678. The Balaban J connectivity index is 2.59. The average molecular weight is 227 g/mol. The van der Waals surface area contributed by atoms with Crippen molar-refractivity contribution in [3.8, 4) is 0 Å². The van der Waals surface area contributed by atoms with Crippen LogP contribution >= 0.6 is 0 Å². The van der Waals surface area contributed by atoms with E-state index in [-0.39, 0.29) is 18.0 Å². The second-order valence-electron chi connectivity index (χ2n) is 4.25. The molecule has 1 saturated heterocycles. The number of carbonyl (C=O) groups is 1. The van der Waals surface area contributed by atoms with Crippen LogP contribution in [0, 0.1) is 0 Å². The summed E-state index contributed by atoms with van der Waals surface area (Å²) < 4.78 is 10.7. The van der Waals surface area contributed by atoms with E-state index in [4.69, 9.17) is 9.47 Å². The SMILES string of the molecule is C=CCOC(C)C(=O)N1C(C)COCC1C. The summed E-state index contributed by atoms with van der Waals surface area (Å²) in [4.78, 5) is 14.0. The van der Waals surface area contributed by atoms with Crippen LogP contribution in [0.5, 0.6) is 0 Å². The Morgan fingerprint density at radius 2 is 2.12 bits per heavy atom. The number of hydrogen-bond acceptors (Lipinski definition) is 3. The van der Waals surface area contributed by atoms with Gasteiger partial charge in [-0.2, -0.15) is 0 Å². The first-order chi connectivity index (χ1) is 7.57. The van der Waals surface area contributed by atoms with Gasteiger partial charge in [-0.25, -0.2) is 0 Å². The van der Waals surface area contributed by atoms with Crippen molar-refractivity contribution in [2.45, 2.75) is 39.0 Å². The molecule has 0 radical (unpaired) electrons. The second kappa shape index (κ2) is 6.01. The lowest BCUT2D eigenvalue weighted by molar-refractivity contribution is -0.154. The van der Waals surface area contributed by atoms with Gasteiger partial charge in [-0.1, -0.05) is 6.08 Å². The van der Waals surface area contributed by atoms with Gasteiger partial charge in [0.1, 0.15) is 6.10 Å². The fraction of sp³-hybridized carbons (Fsp3) is 0.750. The first-order valence-electron chi connectivity index (χ1n) is 5.70. The van der Waals surface area contributed by atoms with Gasteiger partial charge in [-0.15, -0.1) is 6.58 Å². The molecule has 0 bridgehead atoms. The first-order valence-corrected chi connectivity index (χ1v) is 5.70. The van der Waals surface area contributed by atoms with Crippen LogP contribution < -0.4 is 0 Å². The molecule has 1 rings (SSSR count). The minimum atomic E-state index is -0.416. The van der Waals surface area contributed by atoms with Gasteiger partial charge in [-0.3, -0.25) is 4.79 Å². The molecule has 1 amide bonds. The van der Waals surface area contributed by atoms with Gasteiger partial charge in [0.2, 0.25) is 0 Å². The zero-order chi connectivity index (χ0) is 12.1. The molecule has 3 unspecified atom stereocenters. The summed E-state index contributed by atoms with van der Waals surface area (Å²) in [6.07, 6.45) is 1.23. The third-order valence-corrected chi connectivity index (χ3v) is 2.73. The summed E-state index contributed by atoms with van der Waals surface area (Å²) in [5.41, 5.74) is 0. The molecule has 0 saturated carbocycles. The van der Waals surface area contributed by atoms with Crippen molar-refractivity contribution in [3.63, 3.8) is 0 Å². The molecule has 92 valence electrons. The average Bonchev–Trinajstić information content (AvgIpc) is 2.25. The highest BCUT2D eigenvalue weighted by Crippen LogP contribution is 2.15. The van der Waals surface area contributed by atoms with Crippen molar-refractivity contribution >= 4 is 5.91 Å². The lowest BCUT2D eigenvalue weighted by atomic mass is 10.1. The van der Waals surface area contributed by atoms with Crippen LogP contribution in [0.1, 0.15) is 20.8 Å². The Kier molecular flexibility index (Phi) is 4.96. The number of nitrogens with zero attached hydrogens (tertiary/aromatic N) is 1. The van der Waals surface area contributed by atoms with Gasteiger partial charge in [0.25, 0.3) is 5.91 Å². The van der Waals surface area contributed by atoms with Gasteiger partial charge in [0.15, 0.2) is 0 Å². The molecule has 1 aliphatic rings. The van der Waals surface area contributed by atoms with Gasteiger partial charge < -0.3 is 14.4 Å². The molecule has 0 spiro atoms. The summed E-state index contributed by atoms with van der Waals surface area (Å²) in [6.45, 7) is 10.9. The maximum Gasteiger partial charge on any atom is 0.252 e. The van der Waals surface area contributed by atoms with E-state index >= 15 is 0 Å². The van der Waals surface area contributed by atoms with Crippen LogP contribution in [0.15, 0.2) is 12.7 Å². The first kappa shape index (κ1) is 13.2. The Morgan fingerprint density at radius 1 is 1.56 bits per heavy atom. The molecule has 0 aliphatic carbocycles. The van der Waals surface area contributed by atoms with Crippen molar-refractivity contribution < 1.29 is 14.3 Å². The Labute approximate surface area is 97.2 Å². The van der Waals surface area contributed by atoms with Gasteiger partial charge in [0, 0.05) is 0 Å². The van der Waals surface area contributed by atoms with E-state index in [2.05, 4.69) is 6.58 Å². The minimum Gasteiger partial charge on any atom is -0.377 e. The van der Waals surface area contributed by atoms with Crippen LogP contribution in [0.3, 0.4) is 0 Å². The highest BCUT2D eigenvalue weighted by atomic mass is 16.5. The van der Waals surface area contributed by atoms with Crippen LogP contribution in [-0.4, -0.2) is 48.8 Å². The largest absolute Gasteiger partial charge is 0.377 e. The smallest absolute Gasteiger partial charge is 0.252 e. The maximum atomic E-state index is 12.1. The number of rotatable bonds is 4. The molecule has 0 aromatic rings. The highest BCUT2D eigenvalue weighted by molar-refractivity contribution is 5.81. The topological polar surface area (TPSA) is 38.8 Å². The maximum absolute atomic E-state index is 12.1. The lowest BCUT2D eigenvalue weighted by Gasteiger charge is -2.40. The van der Waals surface area contributed by atoms with E-state index in [1.165, 1.54) is 0 Å². The number of ether oxygens (including phenoxy) is 2. The van der Waals surface area contributed by atoms with Crippen LogP contribution in [0.4, 0.5) is 0 Å². The summed E-state index contributed by atoms with van der Waals surface area (Å²) in [6, 6.07) is 0.233. The van der Waals surface area contributed by atoms with Crippen LogP contribution in [-0.2, 0) is 14.3 Å². The van der Waals surface area contributed by atoms with Crippen molar-refractivity contribution in [3.05, 3.63) is 12.7 Å². The van der Waals surface area contributed by atoms with Crippen molar-refractivity contribution in [1.29, 1.82) is 0 Å². The number of amides is 1. The Bertz CT molecular complexity index is 245. The summed E-state index contributed by atoms with van der Waals surface area (Å²) >= 11 is 0. The standard InChI is InChI=1S/C12H21NO3/c1-5-6-16-11(4)12(14)13-9(2)7-15-8-10(13)3/h5,9-11H,1,6-8H2,2-4H3. The van der Waals surface area contributed by atoms with E-state index in [0.29, 0.717) is 19.8 Å². The molecule has 0 N–H and O–H groups in total. The minimum absolute atomic E-state index is 0.0325. The van der Waals surface area contributed by atoms with E-state index in [0.717, 1.165) is 0 Å². The van der Waals surface area contributed by atoms with Crippen molar-refractivity contribution in [2.24, 2.45) is 0 Å². The molecule has 0 aromatic carbocycles. The van der Waals surface area contributed by atoms with Crippen molar-refractivity contribution in [2.75, 3.05) is 19.8 Å². The third-order valence-electron chi connectivity index (χ3n) is 2.73. The monoisotopic (exact) mass is 227 g/mol. The molecule has 1 fully saturated rings. The molecule has 1 heterocycles. The highest BCUT2D eigenvalue weighted by Gasteiger charge is 2.32. The molecule has 1 aliphatic heterocycles. The molecule has 0 aromatic heterocycles. The summed E-state index contributed by atoms with van der Waals surface area (Å²) in [5.74, 6) is 0.0325. The molecule has 3 atom stereocenters. The van der Waals surface area contributed by atoms with Crippen LogP contribution in [0.25, 0.3) is 0 Å². The lowest BCUT2D eigenvalue weighted by Crippen LogP contribution is -2.55. The summed E-state index contributed by atoms with van der Waals surface area (Å²) in [5, 5.41) is 0. The fourth-order valence-corrected chi connectivity index (χ4v) is 1.93. The number of morpholine rings is 1. The molecular weight excluding hydrogens is 206 g/mol. The Morgan fingerprint density at radius 3 is 2.62 bits per heavy atom. The predicted octanol–water partition coefficient (Wildman–Crippen LogP) is 1.21. The van der Waals surface area contributed by atoms with Crippen molar-refractivity contribution in [1.82, 2.24) is 4.90 Å². The van der Waals surface area contributed by atoms with Gasteiger partial charge >= 0.3 is 0 Å². The zero-order valence-electron chi connectivity index (χ0n) is 10.3. The van der Waals surface area contributed by atoms with Gasteiger partial charge in [0.05, 0.1) is 31.9 Å². The van der Waals surface area contributed by atoms with E-state index in [1.807, 2.05) is 18.7 Å². The van der Waals surface area contributed by atoms with E-state index in [1.54, 1.807) is 13.0 Å². The molecule has 16 heavy (non-hydrogen) atoms. The van der Waals surface area contributed by atoms with E-state index < -0.39 is 6.10 Å². The summed E-state index contributed by atoms with van der Waals surface area (Å²) in [7, 11) is 0. The predicted molar refractivity (Wildman–Crippen MR) is 62.2 cm³/mol. The van der Waals surface area contributed by atoms with Gasteiger partial charge in [-0.05, 0) is 20.8 Å². The fourth-order valence-electron chi connectivity index (χ4n) is 1.93. The van der Waals surface area contributed by atoms with E-state index in [9.17, 15) is 4.79 Å². The molecular formula is C12H21NO3. The number of hydrogen-bond donors (Lipinski definition) is 0. The van der Waals surface area contributed by atoms with Crippen LogP contribution in [0.2, 0.25) is 0 Å². The normalized spacial score (nSPS) is 27.6. The molecule has 4 nitrogen and oxygen atoms in total. The zero-order valence-corrected chi connectivity index (χ0v) is 10.3.